The predicted molar refractivity (Wildman–Crippen MR) is 90.8 cm³/mol. The first-order chi connectivity index (χ1) is 10.4. The lowest BCUT2D eigenvalue weighted by molar-refractivity contribution is 0.0820. The first-order valence-electron chi connectivity index (χ1n) is 7.60. The number of hydrogen-bond donors (Lipinski definition) is 2. The molecule has 1 unspecified atom stereocenters. The summed E-state index contributed by atoms with van der Waals surface area (Å²) in [5.74, 6) is 0.285. The van der Waals surface area contributed by atoms with Gasteiger partial charge in [-0.2, -0.15) is 0 Å². The number of hydrogen-bond acceptors (Lipinski definition) is 3. The van der Waals surface area contributed by atoms with Crippen LogP contribution in [0, 0.1) is 5.92 Å². The highest BCUT2D eigenvalue weighted by atomic mass is 35.5. The second kappa shape index (κ2) is 7.20. The zero-order valence-electron chi connectivity index (χ0n) is 13.3. The van der Waals surface area contributed by atoms with Crippen LogP contribution in [0.1, 0.15) is 19.8 Å². The van der Waals surface area contributed by atoms with E-state index >= 15 is 0 Å². The Balaban J connectivity index is 2.03. The summed E-state index contributed by atoms with van der Waals surface area (Å²) in [6.45, 7) is 3.15. The van der Waals surface area contributed by atoms with Gasteiger partial charge >= 0.3 is 6.03 Å². The molecule has 1 aliphatic heterocycles. The van der Waals surface area contributed by atoms with Crippen LogP contribution < -0.4 is 10.2 Å². The number of benzene rings is 1. The fraction of sp³-hybridized carbons (Fsp3) is 0.562. The van der Waals surface area contributed by atoms with Crippen molar-refractivity contribution < 1.29 is 9.90 Å². The molecule has 1 heterocycles. The number of nitrogens with one attached hydrogen (secondary N) is 1. The van der Waals surface area contributed by atoms with Crippen LogP contribution in [0.3, 0.4) is 0 Å². The van der Waals surface area contributed by atoms with Crippen molar-refractivity contribution in [1.29, 1.82) is 0 Å². The number of para-hydroxylation sites is 1. The van der Waals surface area contributed by atoms with Crippen LogP contribution in [-0.2, 0) is 0 Å². The Morgan fingerprint density at radius 3 is 2.59 bits per heavy atom. The first kappa shape index (κ1) is 16.9. The lowest BCUT2D eigenvalue weighted by Crippen LogP contribution is -2.43. The molecule has 2 amide bonds. The van der Waals surface area contributed by atoms with Gasteiger partial charge in [0.2, 0.25) is 0 Å². The largest absolute Gasteiger partial charge is 0.393 e. The Hall–Kier alpha value is -1.46. The number of nitrogens with zero attached hydrogens (tertiary/aromatic N) is 2. The third kappa shape index (κ3) is 3.84. The molecule has 0 aromatic heterocycles. The second-order valence-electron chi connectivity index (χ2n) is 6.03. The van der Waals surface area contributed by atoms with E-state index in [9.17, 15) is 9.90 Å². The van der Waals surface area contributed by atoms with E-state index in [1.807, 2.05) is 38.1 Å². The molecule has 2 rings (SSSR count). The fourth-order valence-corrected chi connectivity index (χ4v) is 3.19. The number of aliphatic hydroxyl groups excluding tert-OH is 1. The topological polar surface area (TPSA) is 55.8 Å². The van der Waals surface area contributed by atoms with Crippen molar-refractivity contribution in [3.8, 4) is 0 Å². The van der Waals surface area contributed by atoms with Crippen LogP contribution in [0.4, 0.5) is 16.2 Å². The van der Waals surface area contributed by atoms with Gasteiger partial charge in [-0.25, -0.2) is 4.79 Å². The molecule has 1 aromatic carbocycles. The van der Waals surface area contributed by atoms with E-state index in [0.29, 0.717) is 23.8 Å². The minimum absolute atomic E-state index is 0.116. The number of anilines is 2. The Labute approximate surface area is 136 Å². The Morgan fingerprint density at radius 2 is 2.05 bits per heavy atom. The molecule has 22 heavy (non-hydrogen) atoms. The molecular weight excluding hydrogens is 302 g/mol. The average molecular weight is 326 g/mol. The number of piperidine rings is 1. The van der Waals surface area contributed by atoms with E-state index in [2.05, 4.69) is 5.32 Å². The molecule has 1 atom stereocenters. The van der Waals surface area contributed by atoms with E-state index in [4.69, 9.17) is 11.6 Å². The van der Waals surface area contributed by atoms with Crippen LogP contribution in [0.15, 0.2) is 18.2 Å². The Bertz CT molecular complexity index is 526. The van der Waals surface area contributed by atoms with Crippen molar-refractivity contribution >= 4 is 29.0 Å². The first-order valence-corrected chi connectivity index (χ1v) is 7.97. The molecule has 0 saturated carbocycles. The molecule has 0 radical (unpaired) electrons. The summed E-state index contributed by atoms with van der Waals surface area (Å²) in [5, 5.41) is 13.2. The zero-order valence-corrected chi connectivity index (χ0v) is 14.1. The average Bonchev–Trinajstić information content (AvgIpc) is 2.47. The third-order valence-electron chi connectivity index (χ3n) is 4.18. The summed E-state index contributed by atoms with van der Waals surface area (Å²) in [5.41, 5.74) is 1.51. The summed E-state index contributed by atoms with van der Waals surface area (Å²) in [7, 11) is 3.79. The van der Waals surface area contributed by atoms with Crippen molar-refractivity contribution in [2.24, 2.45) is 5.92 Å². The highest BCUT2D eigenvalue weighted by molar-refractivity contribution is 6.34. The van der Waals surface area contributed by atoms with Gasteiger partial charge < -0.3 is 20.2 Å². The molecular formula is C16H24ClN3O2. The quantitative estimate of drug-likeness (QED) is 0.898. The number of carbonyl (C=O) groups excluding carboxylic acids is 1. The van der Waals surface area contributed by atoms with E-state index in [1.165, 1.54) is 0 Å². The number of urea groups is 1. The maximum absolute atomic E-state index is 12.4. The van der Waals surface area contributed by atoms with Gasteiger partial charge in [0.15, 0.2) is 0 Å². The van der Waals surface area contributed by atoms with Gasteiger partial charge in [-0.15, -0.1) is 0 Å². The van der Waals surface area contributed by atoms with Gasteiger partial charge in [-0.3, -0.25) is 0 Å². The molecule has 0 aliphatic carbocycles. The van der Waals surface area contributed by atoms with Gasteiger partial charge in [-0.05, 0) is 37.8 Å². The van der Waals surface area contributed by atoms with Crippen molar-refractivity contribution in [3.63, 3.8) is 0 Å². The summed E-state index contributed by atoms with van der Waals surface area (Å²) in [6.07, 6.45) is 1.36. The number of likely N-dealkylation sites (tertiary alicyclic amines) is 1. The number of carbonyl (C=O) groups is 1. The number of rotatable bonds is 3. The molecule has 2 N–H and O–H groups in total. The normalized spacial score (nSPS) is 17.2. The van der Waals surface area contributed by atoms with Gasteiger partial charge in [0.25, 0.3) is 0 Å². The molecule has 1 fully saturated rings. The Kier molecular flexibility index (Phi) is 5.53. The molecule has 1 aliphatic rings. The monoisotopic (exact) mass is 325 g/mol. The van der Waals surface area contributed by atoms with Crippen molar-refractivity contribution in [3.05, 3.63) is 23.2 Å². The molecule has 0 spiro atoms. The molecule has 5 nitrogen and oxygen atoms in total. The third-order valence-corrected chi connectivity index (χ3v) is 4.49. The maximum atomic E-state index is 12.4. The van der Waals surface area contributed by atoms with Crippen LogP contribution >= 0.6 is 11.6 Å². The lowest BCUT2D eigenvalue weighted by Gasteiger charge is -2.33. The van der Waals surface area contributed by atoms with Crippen LogP contribution in [0.5, 0.6) is 0 Å². The van der Waals surface area contributed by atoms with Crippen molar-refractivity contribution in [1.82, 2.24) is 4.90 Å². The molecule has 122 valence electrons. The molecule has 0 bridgehead atoms. The van der Waals surface area contributed by atoms with Crippen LogP contribution in [0.25, 0.3) is 0 Å². The minimum Gasteiger partial charge on any atom is -0.393 e. The number of halogens is 1. The van der Waals surface area contributed by atoms with E-state index < -0.39 is 0 Å². The summed E-state index contributed by atoms with van der Waals surface area (Å²) < 4.78 is 0. The van der Waals surface area contributed by atoms with Gasteiger partial charge in [0, 0.05) is 27.2 Å². The molecule has 1 aromatic rings. The Morgan fingerprint density at radius 1 is 1.41 bits per heavy atom. The van der Waals surface area contributed by atoms with Gasteiger partial charge in [-0.1, -0.05) is 17.7 Å². The highest BCUT2D eigenvalue weighted by Gasteiger charge is 2.26. The smallest absolute Gasteiger partial charge is 0.321 e. The summed E-state index contributed by atoms with van der Waals surface area (Å²) >= 11 is 6.21. The SMILES string of the molecule is CC(O)C1CCN(C(=O)Nc2cccc(Cl)c2N(C)C)CC1. The van der Waals surface area contributed by atoms with E-state index in [-0.39, 0.29) is 18.1 Å². The minimum atomic E-state index is -0.307. The van der Waals surface area contributed by atoms with E-state index in [1.54, 1.807) is 11.0 Å². The summed E-state index contributed by atoms with van der Waals surface area (Å²) in [4.78, 5) is 16.1. The van der Waals surface area contributed by atoms with Crippen LogP contribution in [-0.4, -0.2) is 49.3 Å². The van der Waals surface area contributed by atoms with Gasteiger partial charge in [0.1, 0.15) is 0 Å². The fourth-order valence-electron chi connectivity index (χ4n) is 2.85. The predicted octanol–water partition coefficient (Wildman–Crippen LogP) is 3.03. The number of aliphatic hydroxyl groups is 1. The van der Waals surface area contributed by atoms with E-state index in [0.717, 1.165) is 18.5 Å². The number of amides is 2. The zero-order chi connectivity index (χ0) is 16.3. The summed E-state index contributed by atoms with van der Waals surface area (Å²) in [6, 6.07) is 5.36. The molecule has 1 saturated heterocycles. The second-order valence-corrected chi connectivity index (χ2v) is 6.43. The highest BCUT2D eigenvalue weighted by Crippen LogP contribution is 2.32. The maximum Gasteiger partial charge on any atom is 0.321 e. The van der Waals surface area contributed by atoms with Crippen molar-refractivity contribution in [2.75, 3.05) is 37.4 Å². The lowest BCUT2D eigenvalue weighted by atomic mass is 9.92. The molecule has 6 heteroatoms. The van der Waals surface area contributed by atoms with Crippen molar-refractivity contribution in [2.45, 2.75) is 25.9 Å². The van der Waals surface area contributed by atoms with Crippen LogP contribution in [0.2, 0.25) is 5.02 Å². The standard InChI is InChI=1S/C16H24ClN3O2/c1-11(21)12-7-9-20(10-8-12)16(22)18-14-6-4-5-13(17)15(14)19(2)3/h4-6,11-12,21H,7-10H2,1-3H3,(H,18,22). The van der Waals surface area contributed by atoms with Gasteiger partial charge in [0.05, 0.1) is 22.5 Å².